The lowest BCUT2D eigenvalue weighted by Gasteiger charge is -2.12. The van der Waals surface area contributed by atoms with E-state index >= 15 is 0 Å². The molecule has 0 aromatic carbocycles. The third-order valence-corrected chi connectivity index (χ3v) is 6.59. The topological polar surface area (TPSA) is 72.8 Å². The van der Waals surface area contributed by atoms with E-state index in [1.807, 2.05) is 0 Å². The van der Waals surface area contributed by atoms with Gasteiger partial charge < -0.3 is 14.6 Å². The minimum Gasteiger partial charge on any atom is -0.463 e. The molecule has 0 aliphatic carbocycles. The summed E-state index contributed by atoms with van der Waals surface area (Å²) in [5.41, 5.74) is 0. The standard InChI is InChI=1S/C30H58O5/c1-3-5-7-9-11-13-14-15-17-19-21-23-25-30(33)35-27-28(31)26-34-29(32)24-22-20-18-16-12-10-8-6-4-2/h28,31H,3-27H2,1-2H3/t28-/m0/s1. The maximum absolute atomic E-state index is 11.8. The first-order valence-electron chi connectivity index (χ1n) is 15.1. The number of hydrogen-bond donors (Lipinski definition) is 1. The summed E-state index contributed by atoms with van der Waals surface area (Å²) in [5.74, 6) is -0.563. The number of carbonyl (C=O) groups is 2. The van der Waals surface area contributed by atoms with Gasteiger partial charge in [0.1, 0.15) is 19.3 Å². The van der Waals surface area contributed by atoms with Crippen LogP contribution in [-0.4, -0.2) is 36.4 Å². The second-order valence-electron chi connectivity index (χ2n) is 10.2. The fourth-order valence-corrected chi connectivity index (χ4v) is 4.26. The van der Waals surface area contributed by atoms with Gasteiger partial charge in [0.2, 0.25) is 0 Å². The van der Waals surface area contributed by atoms with Crippen LogP contribution in [0.15, 0.2) is 0 Å². The number of esters is 2. The van der Waals surface area contributed by atoms with E-state index in [1.54, 1.807) is 0 Å². The van der Waals surface area contributed by atoms with Crippen LogP contribution in [0.5, 0.6) is 0 Å². The molecule has 0 heterocycles. The molecule has 0 unspecified atom stereocenters. The summed E-state index contributed by atoms with van der Waals surface area (Å²) >= 11 is 0. The lowest BCUT2D eigenvalue weighted by atomic mass is 10.0. The predicted octanol–water partition coefficient (Wildman–Crippen LogP) is 8.45. The van der Waals surface area contributed by atoms with Crippen LogP contribution in [-0.2, 0) is 19.1 Å². The number of unbranched alkanes of at least 4 members (excludes halogenated alkanes) is 19. The molecule has 0 spiro atoms. The Hall–Kier alpha value is -1.10. The minimum atomic E-state index is -0.951. The van der Waals surface area contributed by atoms with Gasteiger partial charge in [-0.2, -0.15) is 0 Å². The Morgan fingerprint density at radius 3 is 1.03 bits per heavy atom. The van der Waals surface area contributed by atoms with Crippen molar-refractivity contribution in [3.8, 4) is 0 Å². The van der Waals surface area contributed by atoms with E-state index in [4.69, 9.17) is 9.47 Å². The lowest BCUT2D eigenvalue weighted by molar-refractivity contribution is -0.152. The molecule has 0 rings (SSSR count). The Kier molecular flexibility index (Phi) is 26.6. The highest BCUT2D eigenvalue weighted by Gasteiger charge is 2.12. The Morgan fingerprint density at radius 2 is 0.743 bits per heavy atom. The number of aliphatic hydroxyl groups is 1. The summed E-state index contributed by atoms with van der Waals surface area (Å²) in [7, 11) is 0. The van der Waals surface area contributed by atoms with E-state index in [9.17, 15) is 14.7 Å². The Balaban J connectivity index is 3.42. The van der Waals surface area contributed by atoms with Crippen LogP contribution in [0, 0.1) is 0 Å². The first kappa shape index (κ1) is 33.9. The summed E-state index contributed by atoms with van der Waals surface area (Å²) < 4.78 is 10.2. The molecule has 0 amide bonds. The van der Waals surface area contributed by atoms with Crippen LogP contribution in [0.2, 0.25) is 0 Å². The number of carbonyl (C=O) groups excluding carboxylic acids is 2. The van der Waals surface area contributed by atoms with Gasteiger partial charge in [-0.3, -0.25) is 9.59 Å². The van der Waals surface area contributed by atoms with Crippen molar-refractivity contribution >= 4 is 11.9 Å². The van der Waals surface area contributed by atoms with Gasteiger partial charge in [-0.05, 0) is 12.8 Å². The molecule has 0 bridgehead atoms. The third-order valence-electron chi connectivity index (χ3n) is 6.59. The molecule has 0 aliphatic heterocycles. The number of hydrogen-bond acceptors (Lipinski definition) is 5. The molecule has 0 radical (unpaired) electrons. The van der Waals surface area contributed by atoms with Gasteiger partial charge >= 0.3 is 11.9 Å². The van der Waals surface area contributed by atoms with Crippen molar-refractivity contribution in [1.82, 2.24) is 0 Å². The van der Waals surface area contributed by atoms with Gasteiger partial charge in [-0.1, -0.05) is 136 Å². The zero-order chi connectivity index (χ0) is 25.8. The maximum Gasteiger partial charge on any atom is 0.305 e. The van der Waals surface area contributed by atoms with Crippen molar-refractivity contribution in [2.24, 2.45) is 0 Å². The Labute approximate surface area is 217 Å². The summed E-state index contributed by atoms with van der Waals surface area (Å²) in [4.78, 5) is 23.6. The largest absolute Gasteiger partial charge is 0.463 e. The van der Waals surface area contributed by atoms with Gasteiger partial charge in [-0.25, -0.2) is 0 Å². The van der Waals surface area contributed by atoms with E-state index < -0.39 is 6.10 Å². The molecule has 0 aromatic heterocycles. The molecule has 35 heavy (non-hydrogen) atoms. The normalized spacial score (nSPS) is 12.0. The van der Waals surface area contributed by atoms with Crippen LogP contribution in [0.4, 0.5) is 0 Å². The summed E-state index contributed by atoms with van der Waals surface area (Å²) in [5, 5.41) is 9.90. The van der Waals surface area contributed by atoms with Crippen LogP contribution < -0.4 is 0 Å². The Bertz CT molecular complexity index is 466. The SMILES string of the molecule is CCCCCCCCCCCCCCC(=O)OC[C@@H](O)COC(=O)CCCCCCCCCCC. The molecule has 0 aromatic rings. The van der Waals surface area contributed by atoms with Crippen LogP contribution in [0.3, 0.4) is 0 Å². The van der Waals surface area contributed by atoms with Crippen LogP contribution in [0.25, 0.3) is 0 Å². The van der Waals surface area contributed by atoms with Crippen LogP contribution in [0.1, 0.15) is 162 Å². The van der Waals surface area contributed by atoms with Crippen molar-refractivity contribution in [2.75, 3.05) is 13.2 Å². The van der Waals surface area contributed by atoms with Crippen molar-refractivity contribution in [1.29, 1.82) is 0 Å². The predicted molar refractivity (Wildman–Crippen MR) is 145 cm³/mol. The monoisotopic (exact) mass is 498 g/mol. The highest BCUT2D eigenvalue weighted by Crippen LogP contribution is 2.13. The minimum absolute atomic E-state index is 0.109. The first-order valence-corrected chi connectivity index (χ1v) is 15.1. The average Bonchev–Trinajstić information content (AvgIpc) is 2.85. The highest BCUT2D eigenvalue weighted by molar-refractivity contribution is 5.69. The zero-order valence-electron chi connectivity index (χ0n) is 23.3. The summed E-state index contributed by atoms with van der Waals surface area (Å²) in [6.45, 7) is 4.26. The van der Waals surface area contributed by atoms with Crippen molar-refractivity contribution < 1.29 is 24.2 Å². The number of aliphatic hydroxyl groups excluding tert-OH is 1. The molecule has 0 fully saturated rings. The van der Waals surface area contributed by atoms with E-state index in [0.29, 0.717) is 12.8 Å². The van der Waals surface area contributed by atoms with Gasteiger partial charge in [0.25, 0.3) is 0 Å². The third kappa shape index (κ3) is 27.3. The lowest BCUT2D eigenvalue weighted by Crippen LogP contribution is -2.25. The van der Waals surface area contributed by atoms with Crippen molar-refractivity contribution in [3.05, 3.63) is 0 Å². The summed E-state index contributed by atoms with van der Waals surface area (Å²) in [6.07, 6.45) is 25.7. The summed E-state index contributed by atoms with van der Waals surface area (Å²) in [6, 6.07) is 0. The molecule has 0 aliphatic rings. The van der Waals surface area contributed by atoms with E-state index in [2.05, 4.69) is 13.8 Å². The molecule has 0 saturated heterocycles. The molecule has 208 valence electrons. The van der Waals surface area contributed by atoms with E-state index in [-0.39, 0.29) is 25.2 Å². The van der Waals surface area contributed by atoms with E-state index in [1.165, 1.54) is 103 Å². The van der Waals surface area contributed by atoms with Gasteiger partial charge in [0.15, 0.2) is 0 Å². The fraction of sp³-hybridized carbons (Fsp3) is 0.933. The van der Waals surface area contributed by atoms with Gasteiger partial charge in [0, 0.05) is 12.8 Å². The molecule has 5 nitrogen and oxygen atoms in total. The molecule has 5 heteroatoms. The fourth-order valence-electron chi connectivity index (χ4n) is 4.26. The smallest absolute Gasteiger partial charge is 0.305 e. The maximum atomic E-state index is 11.8. The molecular formula is C30H58O5. The quantitative estimate of drug-likeness (QED) is 0.0908. The highest BCUT2D eigenvalue weighted by atomic mass is 16.6. The average molecular weight is 499 g/mol. The van der Waals surface area contributed by atoms with Crippen LogP contribution >= 0.6 is 0 Å². The van der Waals surface area contributed by atoms with E-state index in [0.717, 1.165) is 32.1 Å². The van der Waals surface area contributed by atoms with Gasteiger partial charge in [0.05, 0.1) is 0 Å². The molecule has 1 atom stereocenters. The number of ether oxygens (including phenoxy) is 2. The second-order valence-corrected chi connectivity index (χ2v) is 10.2. The molecule has 1 N–H and O–H groups in total. The molecular weight excluding hydrogens is 440 g/mol. The first-order chi connectivity index (χ1) is 17.1. The zero-order valence-corrected chi connectivity index (χ0v) is 23.3. The number of rotatable bonds is 27. The second kappa shape index (κ2) is 27.5. The van der Waals surface area contributed by atoms with Gasteiger partial charge in [-0.15, -0.1) is 0 Å². The molecule has 0 saturated carbocycles. The van der Waals surface area contributed by atoms with Crippen molar-refractivity contribution in [2.45, 2.75) is 168 Å². The Morgan fingerprint density at radius 1 is 0.486 bits per heavy atom. The van der Waals surface area contributed by atoms with Crippen molar-refractivity contribution in [3.63, 3.8) is 0 Å².